The van der Waals surface area contributed by atoms with Crippen LogP contribution in [-0.4, -0.2) is 0 Å². The molecule has 0 fully saturated rings. The molecule has 16 aromatic carbocycles. The molecule has 2 aliphatic rings. The highest BCUT2D eigenvalue weighted by Gasteiger charge is 2.37. The first-order valence-electron chi connectivity index (χ1n) is 33.5. The van der Waals surface area contributed by atoms with E-state index in [1.165, 1.54) is 132 Å². The minimum absolute atomic E-state index is 0. The van der Waals surface area contributed by atoms with E-state index in [0.29, 0.717) is 0 Å². The van der Waals surface area contributed by atoms with Gasteiger partial charge >= 0.3 is 0 Å². The molecule has 0 heterocycles. The number of nitrogens with zero attached hydrogens (tertiary/aromatic N) is 1. The second-order valence-corrected chi connectivity index (χ2v) is 27.6. The number of hydrogen-bond acceptors (Lipinski definition) is 2. The summed E-state index contributed by atoms with van der Waals surface area (Å²) in [5, 5.41) is 13.7. The van der Waals surface area contributed by atoms with E-state index in [0.717, 1.165) is 32.9 Å². The lowest BCUT2D eigenvalue weighted by Gasteiger charge is -2.27. The third kappa shape index (κ3) is 12.2. The molecule has 0 bridgehead atoms. The molecule has 0 aliphatic heterocycles. The number of hydrogen-bond donors (Lipinski definition) is 1. The lowest BCUT2D eigenvalue weighted by molar-refractivity contribution is 0.661. The Balaban J connectivity index is 0.000000133. The number of anilines is 5. The maximum Gasteiger partial charge on any atom is 0.0468 e. The molecule has 3 heteroatoms. The fourth-order valence-electron chi connectivity index (χ4n) is 14.7. The molecule has 0 unspecified atom stereocenters. The maximum atomic E-state index is 3.57. The van der Waals surface area contributed by atoms with E-state index in [2.05, 4.69) is 400 Å². The van der Waals surface area contributed by atoms with Crippen molar-refractivity contribution in [1.29, 1.82) is 0 Å². The van der Waals surface area contributed by atoms with Gasteiger partial charge in [0.2, 0.25) is 0 Å². The monoisotopic (exact) mass is 1320 g/mol. The van der Waals surface area contributed by atoms with Crippen molar-refractivity contribution in [3.05, 3.63) is 379 Å². The molecule has 0 saturated heterocycles. The smallest absolute Gasteiger partial charge is 0.0468 e. The SMILES string of the molecule is C.CC1(C)c2ccccc2-c2cc3ccc(Br)cc3cc21.CC1(C)c2ccccc2-c2cc3ccc(N(c4ccc(-c5ccccc5)cc4)c4ccc(-c5ccc6ccccc6c5)cc4)cc3cc21.c1ccc(-c2ccc(Nc3ccc(-c4ccc5ccccc5c4)cc3)cc2)cc1. The van der Waals surface area contributed by atoms with E-state index in [9.17, 15) is 0 Å². The average Bonchev–Trinajstić information content (AvgIpc) is 1.58. The maximum absolute atomic E-state index is 3.57. The molecule has 98 heavy (non-hydrogen) atoms. The lowest BCUT2D eigenvalue weighted by atomic mass is 9.82. The van der Waals surface area contributed by atoms with E-state index in [-0.39, 0.29) is 18.3 Å². The van der Waals surface area contributed by atoms with Crippen LogP contribution in [0.4, 0.5) is 28.4 Å². The van der Waals surface area contributed by atoms with Crippen LogP contribution in [0.3, 0.4) is 0 Å². The number of halogens is 1. The van der Waals surface area contributed by atoms with Crippen molar-refractivity contribution in [2.24, 2.45) is 0 Å². The van der Waals surface area contributed by atoms with Gasteiger partial charge in [-0.15, -0.1) is 0 Å². The van der Waals surface area contributed by atoms with E-state index >= 15 is 0 Å². The first kappa shape index (κ1) is 62.7. The largest absolute Gasteiger partial charge is 0.356 e. The Labute approximate surface area is 585 Å². The third-order valence-corrected chi connectivity index (χ3v) is 20.5. The summed E-state index contributed by atoms with van der Waals surface area (Å²) in [7, 11) is 0. The Morgan fingerprint density at radius 1 is 0.235 bits per heavy atom. The van der Waals surface area contributed by atoms with Crippen molar-refractivity contribution in [2.45, 2.75) is 46.0 Å². The Morgan fingerprint density at radius 3 is 1.02 bits per heavy atom. The highest BCUT2D eigenvalue weighted by Crippen LogP contribution is 2.52. The molecule has 0 spiro atoms. The number of fused-ring (bicyclic) bond motifs is 10. The molecule has 472 valence electrons. The highest BCUT2D eigenvalue weighted by atomic mass is 79.9. The molecule has 2 aliphatic carbocycles. The molecule has 2 nitrogen and oxygen atoms in total. The molecule has 16 aromatic rings. The van der Waals surface area contributed by atoms with Gasteiger partial charge in [-0.25, -0.2) is 0 Å². The zero-order valence-electron chi connectivity index (χ0n) is 54.8. The van der Waals surface area contributed by atoms with Crippen molar-refractivity contribution in [3.8, 4) is 66.8 Å². The quantitative estimate of drug-likeness (QED) is 0.155. The van der Waals surface area contributed by atoms with Gasteiger partial charge in [0.05, 0.1) is 0 Å². The first-order chi connectivity index (χ1) is 47.4. The van der Waals surface area contributed by atoms with E-state index in [4.69, 9.17) is 0 Å². The van der Waals surface area contributed by atoms with Gasteiger partial charge in [0.1, 0.15) is 0 Å². The summed E-state index contributed by atoms with van der Waals surface area (Å²) in [5.41, 5.74) is 26.5. The van der Waals surface area contributed by atoms with Gasteiger partial charge < -0.3 is 10.2 Å². The van der Waals surface area contributed by atoms with Crippen LogP contribution in [0.2, 0.25) is 0 Å². The summed E-state index contributed by atoms with van der Waals surface area (Å²) in [6.45, 7) is 9.35. The second kappa shape index (κ2) is 26.3. The van der Waals surface area contributed by atoms with E-state index in [1.54, 1.807) is 0 Å². The normalized spacial score (nSPS) is 12.6. The van der Waals surface area contributed by atoms with Crippen LogP contribution >= 0.6 is 15.9 Å². The van der Waals surface area contributed by atoms with Crippen molar-refractivity contribution in [2.75, 3.05) is 10.2 Å². The van der Waals surface area contributed by atoms with Gasteiger partial charge in [0.25, 0.3) is 0 Å². The average molecular weight is 1320 g/mol. The van der Waals surface area contributed by atoms with E-state index in [1.807, 2.05) is 6.07 Å². The van der Waals surface area contributed by atoms with Gasteiger partial charge in [0.15, 0.2) is 0 Å². The van der Waals surface area contributed by atoms with Gasteiger partial charge in [0, 0.05) is 43.7 Å². The summed E-state index contributed by atoms with van der Waals surface area (Å²) < 4.78 is 1.14. The Kier molecular flexibility index (Phi) is 16.9. The van der Waals surface area contributed by atoms with Crippen molar-refractivity contribution in [3.63, 3.8) is 0 Å². The van der Waals surface area contributed by atoms with Gasteiger partial charge in [-0.2, -0.15) is 0 Å². The highest BCUT2D eigenvalue weighted by molar-refractivity contribution is 9.10. The van der Waals surface area contributed by atoms with Gasteiger partial charge in [-0.1, -0.05) is 294 Å². The zero-order chi connectivity index (χ0) is 65.6. The molecule has 0 saturated carbocycles. The van der Waals surface area contributed by atoms with Crippen molar-refractivity contribution >= 4 is 87.5 Å². The van der Waals surface area contributed by atoms with Crippen LogP contribution < -0.4 is 10.2 Å². The molecule has 0 amide bonds. The number of rotatable bonds is 9. The summed E-state index contributed by atoms with van der Waals surface area (Å²) in [5.74, 6) is 0. The van der Waals surface area contributed by atoms with Crippen LogP contribution in [0.25, 0.3) is 110 Å². The van der Waals surface area contributed by atoms with Crippen LogP contribution in [0, 0.1) is 0 Å². The Morgan fingerprint density at radius 2 is 0.561 bits per heavy atom. The fourth-order valence-corrected chi connectivity index (χ4v) is 15.1. The number of benzene rings is 16. The standard InChI is InChI=1S/C47H35N.C28H21N.C19H15Br.CH4/c1-47(2)45-15-9-8-14-43(45)44-30-38-22-27-42(29-39(38)31-46(44)47)48(40-23-18-34(19-24-40)32-10-4-3-5-11-32)41-25-20-35(21-26-41)37-17-16-33-12-6-7-13-36(33)28-37;1-2-6-21(7-3-1)23-12-16-27(17-13-23)29-28-18-14-24(15-19-28)26-11-10-22-8-4-5-9-25(22)20-26;1-19(2)17-6-4-3-5-15(17)16-10-12-7-8-14(20)9-13(12)11-18(16)19;/h3-31H,1-2H3;1-20,29H;3-11H,1-2H3;1H4. The minimum atomic E-state index is -0.0400. The van der Waals surface area contributed by atoms with Gasteiger partial charge in [-0.3, -0.25) is 0 Å². The van der Waals surface area contributed by atoms with E-state index < -0.39 is 0 Å². The van der Waals surface area contributed by atoms with Gasteiger partial charge in [-0.05, 0) is 241 Å². The third-order valence-electron chi connectivity index (χ3n) is 20.0. The molecule has 0 aromatic heterocycles. The van der Waals surface area contributed by atoms with Crippen molar-refractivity contribution < 1.29 is 0 Å². The molecular weight excluding hydrogens is 1250 g/mol. The molecular formula is C95H75BrN2. The molecule has 0 radical (unpaired) electrons. The van der Waals surface area contributed by atoms with Crippen LogP contribution in [0.1, 0.15) is 57.4 Å². The second-order valence-electron chi connectivity index (χ2n) is 26.7. The summed E-state index contributed by atoms with van der Waals surface area (Å²) in [6.07, 6.45) is 0. The molecule has 1 N–H and O–H groups in total. The minimum Gasteiger partial charge on any atom is -0.356 e. The first-order valence-corrected chi connectivity index (χ1v) is 34.3. The Hall–Kier alpha value is -11.4. The predicted molar refractivity (Wildman–Crippen MR) is 425 cm³/mol. The van der Waals surface area contributed by atoms with Crippen LogP contribution in [0.15, 0.2) is 356 Å². The topological polar surface area (TPSA) is 15.3 Å². The number of nitrogens with one attached hydrogen (secondary N) is 1. The van der Waals surface area contributed by atoms with Crippen molar-refractivity contribution in [1.82, 2.24) is 0 Å². The fraction of sp³-hybridized carbons (Fsp3) is 0.0737. The summed E-state index contributed by atoms with van der Waals surface area (Å²) >= 11 is 3.57. The van der Waals surface area contributed by atoms with Crippen LogP contribution in [-0.2, 0) is 10.8 Å². The Bertz CT molecular complexity index is 5580. The summed E-state index contributed by atoms with van der Waals surface area (Å²) in [4.78, 5) is 2.38. The van der Waals surface area contributed by atoms with Crippen LogP contribution in [0.5, 0.6) is 0 Å². The lowest BCUT2D eigenvalue weighted by Crippen LogP contribution is -2.14. The molecule has 18 rings (SSSR count). The predicted octanol–water partition coefficient (Wildman–Crippen LogP) is 27.6. The summed E-state index contributed by atoms with van der Waals surface area (Å²) in [6, 6.07) is 127. The molecule has 0 atom stereocenters. The zero-order valence-corrected chi connectivity index (χ0v) is 56.4.